The summed E-state index contributed by atoms with van der Waals surface area (Å²) in [7, 11) is -3.76. The minimum atomic E-state index is -3.76. The van der Waals surface area contributed by atoms with Gasteiger partial charge in [-0.2, -0.15) is 0 Å². The van der Waals surface area contributed by atoms with Crippen LogP contribution < -0.4 is 9.62 Å². The molecule has 1 unspecified atom stereocenters. The van der Waals surface area contributed by atoms with Gasteiger partial charge in [0.1, 0.15) is 12.6 Å². The number of rotatable bonds is 9. The van der Waals surface area contributed by atoms with Gasteiger partial charge in [0, 0.05) is 17.1 Å². The van der Waals surface area contributed by atoms with Gasteiger partial charge >= 0.3 is 0 Å². The summed E-state index contributed by atoms with van der Waals surface area (Å²) in [4.78, 5) is 28.3. The van der Waals surface area contributed by atoms with Crippen LogP contribution in [0.15, 0.2) is 46.9 Å². The monoisotopic (exact) mass is 563 g/mol. The van der Waals surface area contributed by atoms with Crippen LogP contribution in [0.4, 0.5) is 5.69 Å². The molecule has 190 valence electrons. The number of halogens is 1. The van der Waals surface area contributed by atoms with Crippen molar-refractivity contribution in [2.75, 3.05) is 17.1 Å². The van der Waals surface area contributed by atoms with Crippen LogP contribution in [0.2, 0.25) is 0 Å². The predicted octanol–water partition coefficient (Wildman–Crippen LogP) is 4.31. The zero-order valence-electron chi connectivity index (χ0n) is 20.8. The van der Waals surface area contributed by atoms with Crippen LogP contribution in [-0.4, -0.2) is 50.0 Å². The van der Waals surface area contributed by atoms with Crippen LogP contribution in [-0.2, 0) is 26.2 Å². The van der Waals surface area contributed by atoms with E-state index in [1.807, 2.05) is 56.3 Å². The summed E-state index contributed by atoms with van der Waals surface area (Å²) in [5, 5.41) is 3.07. The van der Waals surface area contributed by atoms with Crippen molar-refractivity contribution in [2.24, 2.45) is 0 Å². The number of nitrogens with zero attached hydrogens (tertiary/aromatic N) is 2. The van der Waals surface area contributed by atoms with E-state index in [1.54, 1.807) is 6.92 Å². The van der Waals surface area contributed by atoms with E-state index in [9.17, 15) is 18.0 Å². The molecule has 1 aliphatic carbocycles. The standard InChI is InChI=1S/C26H34BrN3O4S/c1-18-9-7-10-19(2)25(18)30(35(4,33)34)17-24(31)29(16-21-11-8-12-22(27)15-21)20(3)26(32)28-23-13-5-6-14-23/h7-12,15,20,23H,5-6,13-14,16-17H2,1-4H3,(H,28,32). The van der Waals surface area contributed by atoms with Crippen molar-refractivity contribution in [1.82, 2.24) is 10.2 Å². The summed E-state index contributed by atoms with van der Waals surface area (Å²) in [6.07, 6.45) is 5.14. The summed E-state index contributed by atoms with van der Waals surface area (Å²) < 4.78 is 27.6. The average Bonchev–Trinajstić information content (AvgIpc) is 3.28. The molecule has 0 spiro atoms. The highest BCUT2D eigenvalue weighted by Crippen LogP contribution is 2.27. The second-order valence-corrected chi connectivity index (χ2v) is 12.2. The number of carbonyl (C=O) groups is 2. The van der Waals surface area contributed by atoms with Crippen LogP contribution in [0.25, 0.3) is 0 Å². The maximum absolute atomic E-state index is 13.7. The van der Waals surface area contributed by atoms with Gasteiger partial charge in [-0.3, -0.25) is 13.9 Å². The lowest BCUT2D eigenvalue weighted by Gasteiger charge is -2.33. The average molecular weight is 565 g/mol. The van der Waals surface area contributed by atoms with E-state index in [1.165, 1.54) is 4.90 Å². The fraction of sp³-hybridized carbons (Fsp3) is 0.462. The van der Waals surface area contributed by atoms with Crippen LogP contribution in [0.3, 0.4) is 0 Å². The van der Waals surface area contributed by atoms with Crippen molar-refractivity contribution in [2.45, 2.75) is 65.1 Å². The molecule has 9 heteroatoms. The Bertz CT molecular complexity index is 1160. The Morgan fingerprint density at radius 3 is 2.26 bits per heavy atom. The third kappa shape index (κ3) is 7.07. The van der Waals surface area contributed by atoms with Gasteiger partial charge in [-0.25, -0.2) is 8.42 Å². The molecule has 1 atom stereocenters. The first-order chi connectivity index (χ1) is 16.5. The molecule has 2 aromatic rings. The fourth-order valence-electron chi connectivity index (χ4n) is 4.58. The van der Waals surface area contributed by atoms with E-state index in [4.69, 9.17) is 0 Å². The zero-order chi connectivity index (χ0) is 25.8. The highest BCUT2D eigenvalue weighted by molar-refractivity contribution is 9.10. The lowest BCUT2D eigenvalue weighted by Crippen LogP contribution is -2.52. The second kappa shape index (κ2) is 11.6. The van der Waals surface area contributed by atoms with Gasteiger partial charge in [0.25, 0.3) is 0 Å². The van der Waals surface area contributed by atoms with E-state index in [0.29, 0.717) is 5.69 Å². The Morgan fingerprint density at radius 1 is 1.09 bits per heavy atom. The van der Waals surface area contributed by atoms with Crippen molar-refractivity contribution < 1.29 is 18.0 Å². The van der Waals surface area contributed by atoms with Crippen LogP contribution in [0.1, 0.15) is 49.3 Å². The molecule has 1 saturated carbocycles. The molecule has 0 heterocycles. The molecule has 1 aliphatic rings. The molecule has 0 saturated heterocycles. The maximum atomic E-state index is 13.7. The first kappa shape index (κ1) is 27.2. The van der Waals surface area contributed by atoms with Gasteiger partial charge in [0.2, 0.25) is 21.8 Å². The van der Waals surface area contributed by atoms with Gasteiger partial charge in [0.15, 0.2) is 0 Å². The predicted molar refractivity (Wildman–Crippen MR) is 143 cm³/mol. The Labute approximate surface area is 217 Å². The molecule has 0 bridgehead atoms. The lowest BCUT2D eigenvalue weighted by molar-refractivity contribution is -0.139. The Morgan fingerprint density at radius 2 is 1.69 bits per heavy atom. The molecule has 1 fully saturated rings. The van der Waals surface area contributed by atoms with Crippen molar-refractivity contribution in [1.29, 1.82) is 0 Å². The molecular weight excluding hydrogens is 530 g/mol. The lowest BCUT2D eigenvalue weighted by atomic mass is 10.1. The maximum Gasteiger partial charge on any atom is 0.244 e. The van der Waals surface area contributed by atoms with E-state index in [-0.39, 0.29) is 25.0 Å². The number of amides is 2. The third-order valence-corrected chi connectivity index (χ3v) is 8.08. The highest BCUT2D eigenvalue weighted by Gasteiger charge is 2.32. The van der Waals surface area contributed by atoms with Crippen LogP contribution >= 0.6 is 15.9 Å². The van der Waals surface area contributed by atoms with Gasteiger partial charge in [-0.1, -0.05) is 59.1 Å². The van der Waals surface area contributed by atoms with E-state index in [0.717, 1.165) is 57.4 Å². The normalized spacial score (nSPS) is 15.0. The van der Waals surface area contributed by atoms with Gasteiger partial charge in [-0.15, -0.1) is 0 Å². The van der Waals surface area contributed by atoms with Gasteiger partial charge in [-0.05, 0) is 62.4 Å². The summed E-state index contributed by atoms with van der Waals surface area (Å²) in [5.41, 5.74) is 2.85. The first-order valence-corrected chi connectivity index (χ1v) is 14.5. The largest absolute Gasteiger partial charge is 0.352 e. The summed E-state index contributed by atoms with van der Waals surface area (Å²) in [5.74, 6) is -0.662. The minimum Gasteiger partial charge on any atom is -0.352 e. The number of sulfonamides is 1. The first-order valence-electron chi connectivity index (χ1n) is 11.9. The summed E-state index contributed by atoms with van der Waals surface area (Å²) >= 11 is 3.46. The molecular formula is C26H34BrN3O4S. The number of para-hydroxylation sites is 1. The van der Waals surface area contributed by atoms with Crippen molar-refractivity contribution in [3.63, 3.8) is 0 Å². The van der Waals surface area contributed by atoms with E-state index >= 15 is 0 Å². The number of hydrogen-bond acceptors (Lipinski definition) is 4. The minimum absolute atomic E-state index is 0.120. The van der Waals surface area contributed by atoms with Gasteiger partial charge in [0.05, 0.1) is 11.9 Å². The zero-order valence-corrected chi connectivity index (χ0v) is 23.2. The van der Waals surface area contributed by atoms with Crippen molar-refractivity contribution >= 4 is 43.5 Å². The summed E-state index contributed by atoms with van der Waals surface area (Å²) in [6, 6.07) is 12.4. The Kier molecular flexibility index (Phi) is 8.99. The molecule has 0 radical (unpaired) electrons. The quantitative estimate of drug-likeness (QED) is 0.492. The number of aryl methyl sites for hydroxylation is 2. The molecule has 2 amide bonds. The van der Waals surface area contributed by atoms with Crippen molar-refractivity contribution in [3.8, 4) is 0 Å². The Hall–Kier alpha value is -2.39. The SMILES string of the molecule is Cc1cccc(C)c1N(CC(=O)N(Cc1cccc(Br)c1)C(C)C(=O)NC1CCCC1)S(C)(=O)=O. The highest BCUT2D eigenvalue weighted by atomic mass is 79.9. The van der Waals surface area contributed by atoms with E-state index < -0.39 is 22.0 Å². The molecule has 2 aromatic carbocycles. The fourth-order valence-corrected chi connectivity index (χ4v) is 5.99. The number of anilines is 1. The summed E-state index contributed by atoms with van der Waals surface area (Å²) in [6.45, 7) is 5.13. The number of carbonyl (C=O) groups excluding carboxylic acids is 2. The molecule has 0 aliphatic heterocycles. The Balaban J connectivity index is 1.92. The number of benzene rings is 2. The smallest absolute Gasteiger partial charge is 0.244 e. The molecule has 35 heavy (non-hydrogen) atoms. The molecule has 7 nitrogen and oxygen atoms in total. The number of hydrogen-bond donors (Lipinski definition) is 1. The second-order valence-electron chi connectivity index (χ2n) is 9.33. The van der Waals surface area contributed by atoms with Crippen LogP contribution in [0, 0.1) is 13.8 Å². The topological polar surface area (TPSA) is 86.8 Å². The van der Waals surface area contributed by atoms with Crippen molar-refractivity contribution in [3.05, 3.63) is 63.6 Å². The van der Waals surface area contributed by atoms with Crippen LogP contribution in [0.5, 0.6) is 0 Å². The number of nitrogens with one attached hydrogen (secondary N) is 1. The molecule has 3 rings (SSSR count). The molecule has 1 N–H and O–H groups in total. The molecule has 0 aromatic heterocycles. The van der Waals surface area contributed by atoms with E-state index in [2.05, 4.69) is 21.2 Å². The van der Waals surface area contributed by atoms with Gasteiger partial charge < -0.3 is 10.2 Å². The third-order valence-electron chi connectivity index (χ3n) is 6.48.